The van der Waals surface area contributed by atoms with Crippen LogP contribution in [0, 0.1) is 0 Å². The molecule has 6 rings (SSSR count). The summed E-state index contributed by atoms with van der Waals surface area (Å²) < 4.78 is 0. The SMILES string of the molecule is C[Si](C)(C)c1ccc(N(c2ccccc2)c2c3ccccc3c(-c3ccccc3)c3ccccc23)nc1. The first-order chi connectivity index (χ1) is 18.0. The Kier molecular flexibility index (Phi) is 5.86. The van der Waals surface area contributed by atoms with Gasteiger partial charge in [0, 0.05) is 22.7 Å². The van der Waals surface area contributed by atoms with Crippen molar-refractivity contribution in [3.05, 3.63) is 128 Å². The Bertz CT molecular complexity index is 1630. The fourth-order valence-electron chi connectivity index (χ4n) is 5.18. The van der Waals surface area contributed by atoms with Gasteiger partial charge in [-0.15, -0.1) is 0 Å². The first-order valence-electron chi connectivity index (χ1n) is 12.8. The van der Waals surface area contributed by atoms with Crippen LogP contribution in [0.3, 0.4) is 0 Å². The molecule has 5 aromatic carbocycles. The highest BCUT2D eigenvalue weighted by molar-refractivity contribution is 6.88. The van der Waals surface area contributed by atoms with Crippen LogP contribution in [0.15, 0.2) is 128 Å². The standard InChI is InChI=1S/C34H30N2Si/c1-37(2,3)27-22-23-32(35-24-27)36(26-16-8-5-9-17-26)34-30-20-12-10-18-28(30)33(25-14-6-4-7-15-25)29-19-11-13-21-31(29)34/h4-24H,1-3H3. The lowest BCUT2D eigenvalue weighted by Crippen LogP contribution is -2.37. The van der Waals surface area contributed by atoms with Crippen molar-refractivity contribution < 1.29 is 0 Å². The van der Waals surface area contributed by atoms with E-state index in [9.17, 15) is 0 Å². The number of fused-ring (bicyclic) bond motifs is 2. The van der Waals surface area contributed by atoms with Crippen LogP contribution < -0.4 is 10.1 Å². The molecule has 1 heterocycles. The van der Waals surface area contributed by atoms with E-state index in [2.05, 4.69) is 152 Å². The molecule has 0 bridgehead atoms. The molecule has 0 spiro atoms. The minimum absolute atomic E-state index is 0.927. The van der Waals surface area contributed by atoms with Gasteiger partial charge in [0.05, 0.1) is 13.8 Å². The number of para-hydroxylation sites is 1. The molecule has 0 radical (unpaired) electrons. The third-order valence-electron chi connectivity index (χ3n) is 7.05. The number of rotatable bonds is 5. The van der Waals surface area contributed by atoms with Gasteiger partial charge in [0.1, 0.15) is 5.82 Å². The highest BCUT2D eigenvalue weighted by Crippen LogP contribution is 2.47. The van der Waals surface area contributed by atoms with Gasteiger partial charge in [-0.1, -0.05) is 123 Å². The molecule has 0 N–H and O–H groups in total. The Morgan fingerprint density at radius 1 is 0.541 bits per heavy atom. The highest BCUT2D eigenvalue weighted by atomic mass is 28.3. The van der Waals surface area contributed by atoms with E-state index in [1.54, 1.807) is 0 Å². The Balaban J connectivity index is 1.71. The molecule has 6 aromatic rings. The number of hydrogen-bond donors (Lipinski definition) is 0. The molecule has 2 nitrogen and oxygen atoms in total. The summed E-state index contributed by atoms with van der Waals surface area (Å²) in [6, 6.07) is 43.3. The number of pyridine rings is 1. The van der Waals surface area contributed by atoms with Gasteiger partial charge in [0.25, 0.3) is 0 Å². The summed E-state index contributed by atoms with van der Waals surface area (Å²) in [5, 5.41) is 6.25. The van der Waals surface area contributed by atoms with Crippen molar-refractivity contribution in [1.82, 2.24) is 4.98 Å². The predicted octanol–water partition coefficient (Wildman–Crippen LogP) is 9.07. The summed E-state index contributed by atoms with van der Waals surface area (Å²) in [4.78, 5) is 7.38. The third kappa shape index (κ3) is 4.22. The molecule has 0 amide bonds. The minimum atomic E-state index is -1.46. The van der Waals surface area contributed by atoms with Gasteiger partial charge in [0.15, 0.2) is 0 Å². The topological polar surface area (TPSA) is 16.1 Å². The fourth-order valence-corrected chi connectivity index (χ4v) is 6.21. The lowest BCUT2D eigenvalue weighted by atomic mass is 9.90. The molecular weight excluding hydrogens is 464 g/mol. The van der Waals surface area contributed by atoms with Crippen molar-refractivity contribution in [1.29, 1.82) is 0 Å². The van der Waals surface area contributed by atoms with E-state index in [-0.39, 0.29) is 0 Å². The van der Waals surface area contributed by atoms with Gasteiger partial charge in [-0.2, -0.15) is 0 Å². The van der Waals surface area contributed by atoms with Crippen LogP contribution in [0.4, 0.5) is 17.2 Å². The van der Waals surface area contributed by atoms with Gasteiger partial charge in [-0.25, -0.2) is 4.98 Å². The van der Waals surface area contributed by atoms with E-state index in [4.69, 9.17) is 4.98 Å². The van der Waals surface area contributed by atoms with E-state index in [0.717, 1.165) is 17.2 Å². The molecule has 1 aromatic heterocycles. The zero-order chi connectivity index (χ0) is 25.4. The molecule has 0 aliphatic heterocycles. The van der Waals surface area contributed by atoms with Crippen molar-refractivity contribution in [3.63, 3.8) is 0 Å². The largest absolute Gasteiger partial charge is 0.294 e. The summed E-state index contributed by atoms with van der Waals surface area (Å²) in [5.41, 5.74) is 4.75. The Morgan fingerprint density at radius 2 is 1.05 bits per heavy atom. The molecular formula is C34H30N2Si. The second kappa shape index (κ2) is 9.34. The van der Waals surface area contributed by atoms with Crippen LogP contribution in [-0.2, 0) is 0 Å². The Labute approximate surface area is 219 Å². The van der Waals surface area contributed by atoms with Crippen molar-refractivity contribution in [2.45, 2.75) is 19.6 Å². The van der Waals surface area contributed by atoms with Crippen molar-refractivity contribution >= 4 is 52.0 Å². The average molecular weight is 495 g/mol. The first kappa shape index (κ1) is 23.2. The number of anilines is 3. The van der Waals surface area contributed by atoms with E-state index < -0.39 is 8.07 Å². The lowest BCUT2D eigenvalue weighted by molar-refractivity contribution is 1.20. The molecule has 0 atom stereocenters. The summed E-state index contributed by atoms with van der Waals surface area (Å²) in [6.07, 6.45) is 2.08. The maximum Gasteiger partial charge on any atom is 0.137 e. The molecule has 37 heavy (non-hydrogen) atoms. The van der Waals surface area contributed by atoms with Crippen LogP contribution >= 0.6 is 0 Å². The third-order valence-corrected chi connectivity index (χ3v) is 9.07. The molecule has 180 valence electrons. The maximum atomic E-state index is 5.05. The molecule has 0 aliphatic carbocycles. The lowest BCUT2D eigenvalue weighted by Gasteiger charge is -2.29. The molecule has 3 heteroatoms. The monoisotopic (exact) mass is 494 g/mol. The van der Waals surface area contributed by atoms with Gasteiger partial charge >= 0.3 is 0 Å². The van der Waals surface area contributed by atoms with Gasteiger partial charge < -0.3 is 0 Å². The van der Waals surface area contributed by atoms with Crippen LogP contribution in [0.1, 0.15) is 0 Å². The Hall–Kier alpha value is -4.21. The van der Waals surface area contributed by atoms with Crippen molar-refractivity contribution in [2.24, 2.45) is 0 Å². The first-order valence-corrected chi connectivity index (χ1v) is 16.3. The smallest absolute Gasteiger partial charge is 0.137 e. The molecule has 0 saturated heterocycles. The van der Waals surface area contributed by atoms with Gasteiger partial charge in [-0.05, 0) is 45.3 Å². The number of benzene rings is 5. The van der Waals surface area contributed by atoms with E-state index in [0.29, 0.717) is 0 Å². The minimum Gasteiger partial charge on any atom is -0.294 e. The Morgan fingerprint density at radius 3 is 1.57 bits per heavy atom. The molecule has 0 fully saturated rings. The van der Waals surface area contributed by atoms with Crippen molar-refractivity contribution in [3.8, 4) is 11.1 Å². The second-order valence-corrected chi connectivity index (χ2v) is 15.6. The van der Waals surface area contributed by atoms with Crippen LogP contribution in [-0.4, -0.2) is 13.1 Å². The predicted molar refractivity (Wildman–Crippen MR) is 162 cm³/mol. The van der Waals surface area contributed by atoms with Crippen LogP contribution in [0.2, 0.25) is 19.6 Å². The molecule has 0 unspecified atom stereocenters. The molecule has 0 saturated carbocycles. The normalized spacial score (nSPS) is 11.6. The quantitative estimate of drug-likeness (QED) is 0.175. The highest BCUT2D eigenvalue weighted by Gasteiger charge is 2.23. The molecule has 0 aliphatic rings. The van der Waals surface area contributed by atoms with E-state index in [1.165, 1.54) is 37.9 Å². The zero-order valence-electron chi connectivity index (χ0n) is 21.5. The second-order valence-electron chi connectivity index (χ2n) is 10.5. The fraction of sp³-hybridized carbons (Fsp3) is 0.0882. The van der Waals surface area contributed by atoms with Gasteiger partial charge in [-0.3, -0.25) is 4.90 Å². The van der Waals surface area contributed by atoms with Gasteiger partial charge in [0.2, 0.25) is 0 Å². The van der Waals surface area contributed by atoms with Crippen molar-refractivity contribution in [2.75, 3.05) is 4.90 Å². The summed E-state index contributed by atoms with van der Waals surface area (Å²) in [6.45, 7) is 7.09. The number of nitrogens with zero attached hydrogens (tertiary/aromatic N) is 2. The summed E-state index contributed by atoms with van der Waals surface area (Å²) >= 11 is 0. The van der Waals surface area contributed by atoms with E-state index in [1.807, 2.05) is 0 Å². The van der Waals surface area contributed by atoms with Crippen LogP contribution in [0.25, 0.3) is 32.7 Å². The van der Waals surface area contributed by atoms with Crippen LogP contribution in [0.5, 0.6) is 0 Å². The maximum absolute atomic E-state index is 5.05. The summed E-state index contributed by atoms with van der Waals surface area (Å²) in [5.74, 6) is 0.927. The number of hydrogen-bond acceptors (Lipinski definition) is 2. The zero-order valence-corrected chi connectivity index (χ0v) is 22.5. The summed E-state index contributed by atoms with van der Waals surface area (Å²) in [7, 11) is -1.46. The van der Waals surface area contributed by atoms with E-state index >= 15 is 0 Å². The average Bonchev–Trinajstić information content (AvgIpc) is 2.94. The number of aromatic nitrogens is 1.